The lowest BCUT2D eigenvalue weighted by Gasteiger charge is -2.30. The minimum absolute atomic E-state index is 0.0278. The molecule has 0 aliphatic heterocycles. The number of carbonyl (C=O) groups is 2. The van der Waals surface area contributed by atoms with Crippen molar-refractivity contribution in [2.24, 2.45) is 0 Å². The molecule has 0 aromatic heterocycles. The fraction of sp³-hybridized carbons (Fsp3) is 0.855. The van der Waals surface area contributed by atoms with E-state index in [0.29, 0.717) is 23.9 Å². The van der Waals surface area contributed by atoms with Gasteiger partial charge in [-0.15, -0.1) is 0 Å². The zero-order valence-electron chi connectivity index (χ0n) is 43.4. The third kappa shape index (κ3) is 47.1. The predicted molar refractivity (Wildman–Crippen MR) is 275 cm³/mol. The van der Waals surface area contributed by atoms with Gasteiger partial charge < -0.3 is 28.5 Å². The second-order valence-electron chi connectivity index (χ2n) is 19.7. The number of ether oxygens (including phenoxy) is 1. The number of nitrogens with one attached hydrogen (secondary N) is 1. The number of carbonyl (C=O) groups excluding carboxylic acids is 2. The fourth-order valence-corrected chi connectivity index (χ4v) is 8.53. The Morgan fingerprint density at radius 2 is 0.954 bits per heavy atom. The average molecular weight is 937 g/mol. The highest BCUT2D eigenvalue weighted by atomic mass is 31.2. The van der Waals surface area contributed by atoms with Crippen LogP contribution in [0.4, 0.5) is 0 Å². The first-order valence-corrected chi connectivity index (χ1v) is 28.8. The zero-order chi connectivity index (χ0) is 48.0. The van der Waals surface area contributed by atoms with Gasteiger partial charge in [-0.05, 0) is 51.0 Å². The number of quaternary nitrogens is 1. The molecule has 0 saturated carbocycles. The van der Waals surface area contributed by atoms with Crippen molar-refractivity contribution >= 4 is 19.7 Å². The standard InChI is InChI=1S/C55H105N2O7P/c1-7-10-13-16-19-22-25-27-28-30-32-35-38-41-44-47-54(58)56-52(51-63-65(60,61)62-50-49-57(4,5)6)53(46-43-40-37-34-31-24-21-18-15-12-9-3)64-55(59)48-45-42-39-36-33-29-26-23-20-17-14-11-8-2/h29,33,39,42-43,46,52-53H,7-28,30-32,34-38,40-41,44-45,47-51H2,1-6H3,(H-,56,58,60,61)/b33-29-,42-39+,46-43+. The monoisotopic (exact) mass is 937 g/mol. The van der Waals surface area contributed by atoms with E-state index in [4.69, 9.17) is 13.8 Å². The number of unbranched alkanes of at least 4 members (excludes halogenated alkanes) is 29. The van der Waals surface area contributed by atoms with Gasteiger partial charge in [-0.25, -0.2) is 0 Å². The van der Waals surface area contributed by atoms with Crippen LogP contribution in [0.15, 0.2) is 36.5 Å². The Morgan fingerprint density at radius 3 is 1.42 bits per heavy atom. The van der Waals surface area contributed by atoms with Crippen molar-refractivity contribution < 1.29 is 37.3 Å². The topological polar surface area (TPSA) is 114 Å². The van der Waals surface area contributed by atoms with Gasteiger partial charge in [-0.2, -0.15) is 0 Å². The van der Waals surface area contributed by atoms with Crippen molar-refractivity contribution in [1.82, 2.24) is 5.32 Å². The molecule has 9 nitrogen and oxygen atoms in total. The van der Waals surface area contributed by atoms with E-state index in [2.05, 4.69) is 44.3 Å². The van der Waals surface area contributed by atoms with Gasteiger partial charge in [0.25, 0.3) is 7.82 Å². The molecule has 1 amide bonds. The number of phosphoric acid groups is 1. The molecule has 10 heteroatoms. The van der Waals surface area contributed by atoms with Crippen LogP contribution in [-0.4, -0.2) is 69.4 Å². The Kier molecular flexibility index (Phi) is 44.7. The lowest BCUT2D eigenvalue weighted by atomic mass is 10.0. The summed E-state index contributed by atoms with van der Waals surface area (Å²) in [5.41, 5.74) is 0. The Hall–Kier alpha value is -1.77. The van der Waals surface area contributed by atoms with Gasteiger partial charge in [0.2, 0.25) is 5.91 Å². The number of hydrogen-bond acceptors (Lipinski definition) is 7. The van der Waals surface area contributed by atoms with E-state index in [0.717, 1.165) is 51.4 Å². The van der Waals surface area contributed by atoms with Gasteiger partial charge in [0.1, 0.15) is 19.3 Å². The van der Waals surface area contributed by atoms with E-state index in [1.807, 2.05) is 39.4 Å². The van der Waals surface area contributed by atoms with E-state index >= 15 is 0 Å². The van der Waals surface area contributed by atoms with Gasteiger partial charge in [0, 0.05) is 12.8 Å². The molecule has 0 saturated heterocycles. The molecule has 0 aliphatic rings. The van der Waals surface area contributed by atoms with Gasteiger partial charge >= 0.3 is 5.97 Å². The van der Waals surface area contributed by atoms with E-state index in [-0.39, 0.29) is 18.9 Å². The number of hydrogen-bond donors (Lipinski definition) is 1. The second-order valence-corrected chi connectivity index (χ2v) is 21.1. The highest BCUT2D eigenvalue weighted by molar-refractivity contribution is 7.45. The molecule has 0 heterocycles. The first kappa shape index (κ1) is 63.2. The molecule has 65 heavy (non-hydrogen) atoms. The van der Waals surface area contributed by atoms with E-state index in [9.17, 15) is 19.0 Å². The Labute approximate surface area is 402 Å². The SMILES string of the molecule is CCCCCCCC/C=C\C/C=C/CCC(=O)OC(/C=C/CCCCCCCCCCC)C(COP(=O)([O-])OCC[N+](C)(C)C)NC(=O)CCCCCCCCCCCCCCCCC. The molecule has 0 rings (SSSR count). The minimum Gasteiger partial charge on any atom is -0.756 e. The number of phosphoric ester groups is 1. The Bertz CT molecular complexity index is 1220. The highest BCUT2D eigenvalue weighted by Gasteiger charge is 2.27. The lowest BCUT2D eigenvalue weighted by molar-refractivity contribution is -0.870. The molecular formula is C55H105N2O7P. The number of amides is 1. The van der Waals surface area contributed by atoms with Crippen LogP contribution in [-0.2, 0) is 27.9 Å². The first-order valence-electron chi connectivity index (χ1n) is 27.3. The summed E-state index contributed by atoms with van der Waals surface area (Å²) in [5, 5.41) is 3.00. The van der Waals surface area contributed by atoms with Crippen LogP contribution in [0.2, 0.25) is 0 Å². The third-order valence-electron chi connectivity index (χ3n) is 12.1. The molecule has 1 N–H and O–H groups in total. The van der Waals surface area contributed by atoms with Crippen LogP contribution in [0.1, 0.15) is 252 Å². The summed E-state index contributed by atoms with van der Waals surface area (Å²) < 4.78 is 30.1. The second kappa shape index (κ2) is 46.0. The third-order valence-corrected chi connectivity index (χ3v) is 13.1. The van der Waals surface area contributed by atoms with Crippen LogP contribution >= 0.6 is 7.82 Å². The predicted octanol–water partition coefficient (Wildman–Crippen LogP) is 15.4. The van der Waals surface area contributed by atoms with Crippen LogP contribution in [0, 0.1) is 0 Å². The summed E-state index contributed by atoms with van der Waals surface area (Å²) in [6.07, 6.45) is 52.6. The van der Waals surface area contributed by atoms with Gasteiger partial charge in [-0.1, -0.05) is 225 Å². The fourth-order valence-electron chi connectivity index (χ4n) is 7.81. The molecule has 0 aliphatic carbocycles. The van der Waals surface area contributed by atoms with Crippen molar-refractivity contribution in [2.75, 3.05) is 40.9 Å². The first-order chi connectivity index (χ1) is 31.4. The highest BCUT2D eigenvalue weighted by Crippen LogP contribution is 2.38. The number of nitrogens with zero attached hydrogens (tertiary/aromatic N) is 1. The molecule has 0 radical (unpaired) electrons. The quantitative estimate of drug-likeness (QED) is 0.0212. The number of esters is 1. The largest absolute Gasteiger partial charge is 0.756 e. The number of rotatable bonds is 49. The Balaban J connectivity index is 5.42. The normalized spacial score (nSPS) is 14.1. The van der Waals surface area contributed by atoms with E-state index in [1.54, 1.807) is 0 Å². The molecule has 3 unspecified atom stereocenters. The molecular weight excluding hydrogens is 832 g/mol. The van der Waals surface area contributed by atoms with Crippen molar-refractivity contribution in [3.63, 3.8) is 0 Å². The zero-order valence-corrected chi connectivity index (χ0v) is 44.3. The van der Waals surface area contributed by atoms with Crippen molar-refractivity contribution in [1.29, 1.82) is 0 Å². The summed E-state index contributed by atoms with van der Waals surface area (Å²) in [6.45, 7) is 6.79. The molecule has 3 atom stereocenters. The van der Waals surface area contributed by atoms with E-state index < -0.39 is 32.5 Å². The summed E-state index contributed by atoms with van der Waals surface area (Å²) in [5.74, 6) is -0.613. The molecule has 0 aromatic carbocycles. The molecule has 0 bridgehead atoms. The maximum atomic E-state index is 13.4. The average Bonchev–Trinajstić information content (AvgIpc) is 3.26. The maximum absolute atomic E-state index is 13.4. The van der Waals surface area contributed by atoms with E-state index in [1.165, 1.54) is 161 Å². The smallest absolute Gasteiger partial charge is 0.306 e. The van der Waals surface area contributed by atoms with Gasteiger partial charge in [0.15, 0.2) is 0 Å². The van der Waals surface area contributed by atoms with Crippen LogP contribution < -0.4 is 10.2 Å². The molecule has 382 valence electrons. The number of likely N-dealkylation sites (N-methyl/N-ethyl adjacent to an activating group) is 1. The number of allylic oxidation sites excluding steroid dienone is 5. The van der Waals surface area contributed by atoms with Gasteiger partial charge in [0.05, 0.1) is 33.8 Å². The minimum atomic E-state index is -4.69. The van der Waals surface area contributed by atoms with Crippen molar-refractivity contribution in [3.8, 4) is 0 Å². The molecule has 0 spiro atoms. The summed E-state index contributed by atoms with van der Waals surface area (Å²) in [4.78, 5) is 39.7. The van der Waals surface area contributed by atoms with Crippen molar-refractivity contribution in [3.05, 3.63) is 36.5 Å². The molecule has 0 aromatic rings. The van der Waals surface area contributed by atoms with Gasteiger partial charge in [-0.3, -0.25) is 14.2 Å². The van der Waals surface area contributed by atoms with Crippen LogP contribution in [0.5, 0.6) is 0 Å². The molecule has 0 fully saturated rings. The van der Waals surface area contributed by atoms with Crippen LogP contribution in [0.3, 0.4) is 0 Å². The van der Waals surface area contributed by atoms with Crippen molar-refractivity contribution in [2.45, 2.75) is 264 Å². The maximum Gasteiger partial charge on any atom is 0.306 e. The van der Waals surface area contributed by atoms with Crippen LogP contribution in [0.25, 0.3) is 0 Å². The Morgan fingerprint density at radius 1 is 0.538 bits per heavy atom. The lowest BCUT2D eigenvalue weighted by Crippen LogP contribution is -2.47. The summed E-state index contributed by atoms with van der Waals surface area (Å²) in [6, 6.07) is -0.904. The summed E-state index contributed by atoms with van der Waals surface area (Å²) in [7, 11) is 1.17. The summed E-state index contributed by atoms with van der Waals surface area (Å²) >= 11 is 0.